The molecule has 1 rings (SSSR count). The van der Waals surface area contributed by atoms with Crippen LogP contribution in [0.3, 0.4) is 0 Å². The van der Waals surface area contributed by atoms with Crippen LogP contribution in [0.2, 0.25) is 0 Å². The number of esters is 1. The molecule has 0 fully saturated rings. The lowest BCUT2D eigenvalue weighted by atomic mass is 10.1. The van der Waals surface area contributed by atoms with Crippen LogP contribution in [-0.4, -0.2) is 39.5 Å². The summed E-state index contributed by atoms with van der Waals surface area (Å²) in [4.78, 5) is 14.5. The number of methoxy groups -OCH3 is 1. The van der Waals surface area contributed by atoms with Crippen LogP contribution in [0.4, 0.5) is 0 Å². The molecule has 0 saturated heterocycles. The zero-order valence-corrected chi connectivity index (χ0v) is 7.99. The quantitative estimate of drug-likeness (QED) is 0.577. The topological polar surface area (TPSA) is 99.9 Å². The van der Waals surface area contributed by atoms with E-state index in [1.807, 2.05) is 0 Å². The van der Waals surface area contributed by atoms with Gasteiger partial charge in [0.05, 0.1) is 13.3 Å². The standard InChI is InChI=1S/C9H11NO5/c1-15-9(14)8(13)7(12)5-2-6(11)4-10-3-5/h2-4,7-8,11-13H,1H3. The Balaban J connectivity index is 2.84. The molecule has 0 aliphatic rings. The number of carbonyl (C=O) groups is 1. The molecule has 0 radical (unpaired) electrons. The molecule has 82 valence electrons. The van der Waals surface area contributed by atoms with E-state index in [9.17, 15) is 15.0 Å². The summed E-state index contributed by atoms with van der Waals surface area (Å²) in [7, 11) is 1.10. The van der Waals surface area contributed by atoms with Crippen molar-refractivity contribution in [3.05, 3.63) is 24.0 Å². The van der Waals surface area contributed by atoms with E-state index in [4.69, 9.17) is 5.11 Å². The first kappa shape index (κ1) is 11.4. The number of ether oxygens (including phenoxy) is 1. The monoisotopic (exact) mass is 213 g/mol. The second kappa shape index (κ2) is 4.72. The van der Waals surface area contributed by atoms with Crippen molar-refractivity contribution in [3.8, 4) is 5.75 Å². The first-order chi connectivity index (χ1) is 7.06. The number of pyridine rings is 1. The normalized spacial score (nSPS) is 14.3. The van der Waals surface area contributed by atoms with Gasteiger partial charge in [-0.05, 0) is 6.07 Å². The number of aromatic hydroxyl groups is 1. The van der Waals surface area contributed by atoms with Crippen molar-refractivity contribution < 1.29 is 24.9 Å². The zero-order valence-electron chi connectivity index (χ0n) is 7.99. The molecule has 0 aromatic carbocycles. The van der Waals surface area contributed by atoms with Gasteiger partial charge in [-0.3, -0.25) is 4.98 Å². The van der Waals surface area contributed by atoms with Gasteiger partial charge in [0.15, 0.2) is 6.10 Å². The summed E-state index contributed by atoms with van der Waals surface area (Å²) < 4.78 is 4.25. The Bertz CT molecular complexity index is 354. The molecule has 0 aliphatic heterocycles. The van der Waals surface area contributed by atoms with Crippen LogP contribution in [0.15, 0.2) is 18.5 Å². The summed E-state index contributed by atoms with van der Waals surface area (Å²) in [6.07, 6.45) is -0.771. The molecule has 15 heavy (non-hydrogen) atoms. The lowest BCUT2D eigenvalue weighted by Crippen LogP contribution is -2.29. The summed E-state index contributed by atoms with van der Waals surface area (Å²) in [5, 5.41) is 27.9. The van der Waals surface area contributed by atoms with Gasteiger partial charge in [-0.25, -0.2) is 4.79 Å². The minimum absolute atomic E-state index is 0.132. The van der Waals surface area contributed by atoms with Crippen molar-refractivity contribution in [1.29, 1.82) is 0 Å². The molecule has 0 saturated carbocycles. The highest BCUT2D eigenvalue weighted by atomic mass is 16.5. The van der Waals surface area contributed by atoms with Crippen molar-refractivity contribution in [2.45, 2.75) is 12.2 Å². The van der Waals surface area contributed by atoms with Gasteiger partial charge in [0, 0.05) is 11.8 Å². The number of hydrogen-bond acceptors (Lipinski definition) is 6. The van der Waals surface area contributed by atoms with Gasteiger partial charge in [-0.2, -0.15) is 0 Å². The number of carbonyl (C=O) groups excluding carboxylic acids is 1. The van der Waals surface area contributed by atoms with E-state index in [0.717, 1.165) is 7.11 Å². The third-order valence-corrected chi connectivity index (χ3v) is 1.83. The third kappa shape index (κ3) is 2.64. The van der Waals surface area contributed by atoms with Crippen molar-refractivity contribution in [2.75, 3.05) is 7.11 Å². The molecule has 0 amide bonds. The first-order valence-electron chi connectivity index (χ1n) is 4.14. The fourth-order valence-electron chi connectivity index (χ4n) is 1.04. The van der Waals surface area contributed by atoms with Gasteiger partial charge >= 0.3 is 5.97 Å². The van der Waals surface area contributed by atoms with Crippen molar-refractivity contribution in [3.63, 3.8) is 0 Å². The van der Waals surface area contributed by atoms with Gasteiger partial charge in [-0.1, -0.05) is 0 Å². The molecule has 3 N–H and O–H groups in total. The van der Waals surface area contributed by atoms with Gasteiger partial charge < -0.3 is 20.1 Å². The van der Waals surface area contributed by atoms with Crippen molar-refractivity contribution in [1.82, 2.24) is 4.98 Å². The molecule has 6 nitrogen and oxygen atoms in total. The maximum Gasteiger partial charge on any atom is 0.337 e. The van der Waals surface area contributed by atoms with Gasteiger partial charge in [0.2, 0.25) is 0 Å². The van der Waals surface area contributed by atoms with Gasteiger partial charge in [0.1, 0.15) is 11.9 Å². The lowest BCUT2D eigenvalue weighted by molar-refractivity contribution is -0.156. The summed E-state index contributed by atoms with van der Waals surface area (Å²) in [6.45, 7) is 0. The molecular weight excluding hydrogens is 202 g/mol. The number of aliphatic hydroxyl groups is 2. The van der Waals surface area contributed by atoms with Crippen LogP contribution in [-0.2, 0) is 9.53 Å². The SMILES string of the molecule is COC(=O)C(O)C(O)c1cncc(O)c1. The smallest absolute Gasteiger partial charge is 0.337 e. The number of aliphatic hydroxyl groups excluding tert-OH is 2. The van der Waals surface area contributed by atoms with Gasteiger partial charge in [-0.15, -0.1) is 0 Å². The number of hydrogen-bond donors (Lipinski definition) is 3. The Kier molecular flexibility index (Phi) is 3.59. The van der Waals surface area contributed by atoms with Crippen LogP contribution >= 0.6 is 0 Å². The Hall–Kier alpha value is -1.66. The van der Waals surface area contributed by atoms with E-state index < -0.39 is 18.2 Å². The Labute approximate surface area is 85.8 Å². The average Bonchev–Trinajstić information content (AvgIpc) is 2.26. The third-order valence-electron chi connectivity index (χ3n) is 1.83. The predicted molar refractivity (Wildman–Crippen MR) is 48.9 cm³/mol. The van der Waals surface area contributed by atoms with E-state index in [1.54, 1.807) is 0 Å². The second-order valence-corrected chi connectivity index (χ2v) is 2.89. The number of rotatable bonds is 3. The van der Waals surface area contributed by atoms with Crippen LogP contribution in [0.25, 0.3) is 0 Å². The largest absolute Gasteiger partial charge is 0.506 e. The molecule has 6 heteroatoms. The Morgan fingerprint density at radius 1 is 1.47 bits per heavy atom. The van der Waals surface area contributed by atoms with Gasteiger partial charge in [0.25, 0.3) is 0 Å². The van der Waals surface area contributed by atoms with Crippen LogP contribution in [0.1, 0.15) is 11.7 Å². The van der Waals surface area contributed by atoms with E-state index in [0.29, 0.717) is 0 Å². The molecule has 0 bridgehead atoms. The fourth-order valence-corrected chi connectivity index (χ4v) is 1.04. The molecular formula is C9H11NO5. The zero-order chi connectivity index (χ0) is 11.4. The molecule has 2 atom stereocenters. The van der Waals surface area contributed by atoms with E-state index in [-0.39, 0.29) is 11.3 Å². The first-order valence-corrected chi connectivity index (χ1v) is 4.14. The highest BCUT2D eigenvalue weighted by molar-refractivity contribution is 5.75. The highest BCUT2D eigenvalue weighted by Gasteiger charge is 2.26. The molecule has 0 aliphatic carbocycles. The fraction of sp³-hybridized carbons (Fsp3) is 0.333. The van der Waals surface area contributed by atoms with Crippen LogP contribution < -0.4 is 0 Å². The molecule has 1 aromatic rings. The summed E-state index contributed by atoms with van der Waals surface area (Å²) in [6, 6.07) is 1.20. The van der Waals surface area contributed by atoms with E-state index in [1.165, 1.54) is 18.5 Å². The summed E-state index contributed by atoms with van der Waals surface area (Å²) in [5.74, 6) is -1.12. The molecule has 1 aromatic heterocycles. The molecule has 2 unspecified atom stereocenters. The Morgan fingerprint density at radius 2 is 2.13 bits per heavy atom. The molecule has 0 spiro atoms. The average molecular weight is 213 g/mol. The van der Waals surface area contributed by atoms with E-state index in [2.05, 4.69) is 9.72 Å². The number of nitrogens with zero attached hydrogens (tertiary/aromatic N) is 1. The maximum absolute atomic E-state index is 10.9. The van der Waals surface area contributed by atoms with E-state index >= 15 is 0 Å². The van der Waals surface area contributed by atoms with Crippen LogP contribution in [0.5, 0.6) is 5.75 Å². The molecule has 1 heterocycles. The summed E-state index contributed by atoms with van der Waals surface area (Å²) in [5.41, 5.74) is 0.132. The second-order valence-electron chi connectivity index (χ2n) is 2.89. The van der Waals surface area contributed by atoms with Crippen molar-refractivity contribution in [2.24, 2.45) is 0 Å². The Morgan fingerprint density at radius 3 is 2.67 bits per heavy atom. The van der Waals surface area contributed by atoms with Crippen LogP contribution in [0, 0.1) is 0 Å². The maximum atomic E-state index is 10.9. The lowest BCUT2D eigenvalue weighted by Gasteiger charge is -2.15. The minimum Gasteiger partial charge on any atom is -0.506 e. The van der Waals surface area contributed by atoms with Crippen molar-refractivity contribution >= 4 is 5.97 Å². The predicted octanol–water partition coefficient (Wildman–Crippen LogP) is -0.646. The summed E-state index contributed by atoms with van der Waals surface area (Å²) >= 11 is 0. The highest BCUT2D eigenvalue weighted by Crippen LogP contribution is 2.20. The minimum atomic E-state index is -1.70. The number of aromatic nitrogens is 1.